The van der Waals surface area contributed by atoms with Crippen molar-refractivity contribution in [3.8, 4) is 9.88 Å². The smallest absolute Gasteiger partial charge is 0.305 e. The van der Waals surface area contributed by atoms with Crippen LogP contribution in [0.5, 0.6) is 0 Å². The molecule has 9 heteroatoms. The van der Waals surface area contributed by atoms with Gasteiger partial charge in [0.15, 0.2) is 0 Å². The Labute approximate surface area is 146 Å². The van der Waals surface area contributed by atoms with Crippen molar-refractivity contribution in [1.29, 1.82) is 0 Å². The predicted octanol–water partition coefficient (Wildman–Crippen LogP) is 3.13. The normalized spacial score (nSPS) is 13.5. The van der Waals surface area contributed by atoms with E-state index < -0.39 is 17.4 Å². The van der Waals surface area contributed by atoms with Gasteiger partial charge in [-0.2, -0.15) is 0 Å². The first-order valence-corrected chi connectivity index (χ1v) is 8.65. The summed E-state index contributed by atoms with van der Waals surface area (Å²) >= 11 is 8.61. The Morgan fingerprint density at radius 1 is 1.48 bits per heavy atom. The van der Waals surface area contributed by atoms with E-state index in [2.05, 4.69) is 10.3 Å². The number of thiophene rings is 1. The molecule has 0 radical (unpaired) electrons. The Kier molecular flexibility index (Phi) is 5.74. The summed E-state index contributed by atoms with van der Waals surface area (Å²) in [7, 11) is 1.45. The summed E-state index contributed by atoms with van der Waals surface area (Å²) in [5, 5.41) is 14.0. The molecule has 2 N–H and O–H groups in total. The molecule has 0 aromatic carbocycles. The van der Waals surface area contributed by atoms with Gasteiger partial charge >= 0.3 is 5.97 Å². The largest absolute Gasteiger partial charge is 0.481 e. The highest BCUT2D eigenvalue weighted by Crippen LogP contribution is 2.33. The van der Waals surface area contributed by atoms with Crippen LogP contribution in [0.15, 0.2) is 17.5 Å². The molecule has 0 spiro atoms. The number of amides is 1. The maximum atomic E-state index is 12.3. The molecule has 0 saturated carbocycles. The number of carbonyl (C=O) groups excluding carboxylic acids is 1. The SMILES string of the molecule is COCC(C)(CC(=O)O)NC(=O)c1csc(-c2ccc(Cl)s2)n1. The van der Waals surface area contributed by atoms with Crippen LogP contribution in [-0.4, -0.2) is 41.2 Å². The summed E-state index contributed by atoms with van der Waals surface area (Å²) in [6.07, 6.45) is -0.246. The van der Waals surface area contributed by atoms with Crippen molar-refractivity contribution in [3.05, 3.63) is 27.5 Å². The van der Waals surface area contributed by atoms with Crippen molar-refractivity contribution in [3.63, 3.8) is 0 Å². The van der Waals surface area contributed by atoms with Crippen molar-refractivity contribution in [2.75, 3.05) is 13.7 Å². The van der Waals surface area contributed by atoms with E-state index in [1.54, 1.807) is 18.4 Å². The van der Waals surface area contributed by atoms with Crippen LogP contribution in [0.1, 0.15) is 23.8 Å². The third-order valence-corrected chi connectivity index (χ3v) is 5.18. The van der Waals surface area contributed by atoms with Gasteiger partial charge in [-0.3, -0.25) is 9.59 Å². The molecule has 0 aliphatic carbocycles. The zero-order valence-corrected chi connectivity index (χ0v) is 14.8. The van der Waals surface area contributed by atoms with E-state index in [0.29, 0.717) is 9.34 Å². The van der Waals surface area contributed by atoms with Gasteiger partial charge in [-0.25, -0.2) is 4.98 Å². The van der Waals surface area contributed by atoms with Gasteiger partial charge in [0, 0.05) is 12.5 Å². The van der Waals surface area contributed by atoms with Crippen LogP contribution in [0.2, 0.25) is 4.34 Å². The fourth-order valence-corrected chi connectivity index (χ4v) is 3.96. The van der Waals surface area contributed by atoms with Crippen LogP contribution in [0.4, 0.5) is 0 Å². The minimum absolute atomic E-state index is 0.0859. The Morgan fingerprint density at radius 3 is 2.78 bits per heavy atom. The second kappa shape index (κ2) is 7.39. The number of halogens is 1. The van der Waals surface area contributed by atoms with E-state index in [1.807, 2.05) is 6.07 Å². The zero-order chi connectivity index (χ0) is 17.0. The van der Waals surface area contributed by atoms with E-state index >= 15 is 0 Å². The first-order chi connectivity index (χ1) is 10.8. The molecule has 0 aliphatic rings. The topological polar surface area (TPSA) is 88.5 Å². The molecule has 0 aliphatic heterocycles. The maximum Gasteiger partial charge on any atom is 0.305 e. The van der Waals surface area contributed by atoms with Gasteiger partial charge in [-0.15, -0.1) is 22.7 Å². The van der Waals surface area contributed by atoms with Gasteiger partial charge in [0.25, 0.3) is 5.91 Å². The van der Waals surface area contributed by atoms with Crippen molar-refractivity contribution in [1.82, 2.24) is 10.3 Å². The van der Waals surface area contributed by atoms with Gasteiger partial charge in [0.2, 0.25) is 0 Å². The van der Waals surface area contributed by atoms with E-state index in [4.69, 9.17) is 21.4 Å². The number of aliphatic carboxylic acids is 1. The highest BCUT2D eigenvalue weighted by Gasteiger charge is 2.30. The van der Waals surface area contributed by atoms with E-state index in [9.17, 15) is 9.59 Å². The predicted molar refractivity (Wildman–Crippen MR) is 90.4 cm³/mol. The minimum Gasteiger partial charge on any atom is -0.481 e. The van der Waals surface area contributed by atoms with Crippen molar-refractivity contribution < 1.29 is 19.4 Å². The molecule has 0 bridgehead atoms. The van der Waals surface area contributed by atoms with Crippen LogP contribution in [0, 0.1) is 0 Å². The van der Waals surface area contributed by atoms with E-state index in [0.717, 1.165) is 4.88 Å². The van der Waals surface area contributed by atoms with Gasteiger partial charge in [-0.1, -0.05) is 11.6 Å². The number of aromatic nitrogens is 1. The molecule has 2 heterocycles. The molecule has 2 aromatic rings. The van der Waals surface area contributed by atoms with Crippen molar-refractivity contribution in [2.45, 2.75) is 18.9 Å². The van der Waals surface area contributed by atoms with Gasteiger partial charge in [-0.05, 0) is 19.1 Å². The Bertz CT molecular complexity index is 715. The Morgan fingerprint density at radius 2 is 2.22 bits per heavy atom. The first-order valence-electron chi connectivity index (χ1n) is 6.57. The van der Waals surface area contributed by atoms with Crippen LogP contribution < -0.4 is 5.32 Å². The standard InChI is InChI=1S/C14H15ClN2O4S2/c1-14(7-21-2,5-11(18)19)17-12(20)8-6-22-13(16-8)9-3-4-10(15)23-9/h3-4,6H,5,7H2,1-2H3,(H,17,20)(H,18,19). The molecule has 1 atom stereocenters. The monoisotopic (exact) mass is 374 g/mol. The van der Waals surface area contributed by atoms with Crippen LogP contribution >= 0.6 is 34.3 Å². The van der Waals surface area contributed by atoms with Crippen LogP contribution in [0.3, 0.4) is 0 Å². The highest BCUT2D eigenvalue weighted by molar-refractivity contribution is 7.23. The molecule has 1 unspecified atom stereocenters. The number of nitrogens with zero attached hydrogens (tertiary/aromatic N) is 1. The molecule has 2 aromatic heterocycles. The van der Waals surface area contributed by atoms with Crippen LogP contribution in [0.25, 0.3) is 9.88 Å². The number of rotatable bonds is 7. The maximum absolute atomic E-state index is 12.3. The minimum atomic E-state index is -1.02. The zero-order valence-electron chi connectivity index (χ0n) is 12.5. The lowest BCUT2D eigenvalue weighted by Gasteiger charge is -2.28. The van der Waals surface area contributed by atoms with Gasteiger partial charge < -0.3 is 15.2 Å². The average molecular weight is 375 g/mol. The number of carboxylic acid groups (broad SMARTS) is 1. The molecule has 1 amide bonds. The van der Waals surface area contributed by atoms with Gasteiger partial charge in [0.05, 0.1) is 27.8 Å². The molecule has 0 fully saturated rings. The van der Waals surface area contributed by atoms with Crippen molar-refractivity contribution in [2.24, 2.45) is 0 Å². The number of hydrogen-bond donors (Lipinski definition) is 2. The Balaban J connectivity index is 2.13. The highest BCUT2D eigenvalue weighted by atomic mass is 35.5. The van der Waals surface area contributed by atoms with Gasteiger partial charge in [0.1, 0.15) is 10.7 Å². The first kappa shape index (κ1) is 17.9. The summed E-state index contributed by atoms with van der Waals surface area (Å²) in [4.78, 5) is 28.5. The third kappa shape index (κ3) is 4.74. The number of methoxy groups -OCH3 is 1. The lowest BCUT2D eigenvalue weighted by atomic mass is 9.99. The molecule has 124 valence electrons. The number of nitrogens with one attached hydrogen (secondary N) is 1. The second-order valence-electron chi connectivity index (χ2n) is 5.16. The number of thiazole rings is 1. The number of hydrogen-bond acceptors (Lipinski definition) is 6. The quantitative estimate of drug-likeness (QED) is 0.777. The molecular weight excluding hydrogens is 360 g/mol. The van der Waals surface area contributed by atoms with Crippen LogP contribution in [-0.2, 0) is 9.53 Å². The molecule has 23 heavy (non-hydrogen) atoms. The molecule has 2 rings (SSSR count). The van der Waals surface area contributed by atoms with E-state index in [-0.39, 0.29) is 18.7 Å². The summed E-state index contributed by atoms with van der Waals surface area (Å²) in [6, 6.07) is 3.61. The fraction of sp³-hybridized carbons (Fsp3) is 0.357. The second-order valence-corrected chi connectivity index (χ2v) is 7.73. The average Bonchev–Trinajstić information content (AvgIpc) is 3.05. The number of ether oxygens (including phenoxy) is 1. The summed E-state index contributed by atoms with van der Waals surface area (Å²) in [6.45, 7) is 1.71. The molecule has 0 saturated heterocycles. The summed E-state index contributed by atoms with van der Waals surface area (Å²) in [5.41, 5.74) is -0.768. The molecular formula is C14H15ClN2O4S2. The Hall–Kier alpha value is -1.48. The lowest BCUT2D eigenvalue weighted by Crippen LogP contribution is -2.50. The summed E-state index contributed by atoms with van der Waals surface area (Å²) < 4.78 is 5.66. The summed E-state index contributed by atoms with van der Waals surface area (Å²) in [5.74, 6) is -1.45. The fourth-order valence-electron chi connectivity index (χ4n) is 2.04. The lowest BCUT2D eigenvalue weighted by molar-refractivity contribution is -0.139. The number of carbonyl (C=O) groups is 2. The third-order valence-electron chi connectivity index (χ3n) is 2.94. The number of carboxylic acids is 1. The van der Waals surface area contributed by atoms with Crippen molar-refractivity contribution >= 4 is 46.2 Å². The van der Waals surface area contributed by atoms with E-state index in [1.165, 1.54) is 29.8 Å². The molecule has 6 nitrogen and oxygen atoms in total.